The number of nitrogens with one attached hydrogen (secondary N) is 2. The second-order valence-corrected chi connectivity index (χ2v) is 5.35. The highest BCUT2D eigenvalue weighted by molar-refractivity contribution is 5.93. The van der Waals surface area contributed by atoms with Gasteiger partial charge in [-0.15, -0.1) is 0 Å². The lowest BCUT2D eigenvalue weighted by molar-refractivity contribution is 0.0951. The number of amides is 1. The van der Waals surface area contributed by atoms with Gasteiger partial charge in [-0.05, 0) is 37.4 Å². The molecule has 0 saturated carbocycles. The van der Waals surface area contributed by atoms with Gasteiger partial charge in [-0.3, -0.25) is 9.78 Å². The molecule has 0 atom stereocenters. The van der Waals surface area contributed by atoms with E-state index in [1.54, 1.807) is 12.3 Å². The SMILES string of the molecule is CCNC(=O)c1cc(NCC(C)(C)CCN)ccn1. The van der Waals surface area contributed by atoms with Gasteiger partial charge in [0.05, 0.1) is 0 Å². The first-order valence-electron chi connectivity index (χ1n) is 6.66. The molecule has 1 heterocycles. The van der Waals surface area contributed by atoms with E-state index in [4.69, 9.17) is 5.73 Å². The van der Waals surface area contributed by atoms with Crippen molar-refractivity contribution in [1.29, 1.82) is 0 Å². The quantitative estimate of drug-likeness (QED) is 0.699. The van der Waals surface area contributed by atoms with Crippen LogP contribution in [0.4, 0.5) is 5.69 Å². The van der Waals surface area contributed by atoms with Gasteiger partial charge < -0.3 is 16.4 Å². The Kier molecular flexibility index (Phi) is 5.76. The third-order valence-electron chi connectivity index (χ3n) is 2.92. The van der Waals surface area contributed by atoms with Crippen LogP contribution >= 0.6 is 0 Å². The maximum atomic E-state index is 11.7. The number of hydrogen-bond donors (Lipinski definition) is 3. The van der Waals surface area contributed by atoms with Crippen LogP contribution in [0.5, 0.6) is 0 Å². The fraction of sp³-hybridized carbons (Fsp3) is 0.571. The number of pyridine rings is 1. The fourth-order valence-corrected chi connectivity index (χ4v) is 1.74. The maximum absolute atomic E-state index is 11.7. The minimum atomic E-state index is -0.146. The summed E-state index contributed by atoms with van der Waals surface area (Å²) in [5.74, 6) is -0.146. The summed E-state index contributed by atoms with van der Waals surface area (Å²) in [5, 5.41) is 6.07. The Bertz CT molecular complexity index is 418. The van der Waals surface area contributed by atoms with Crippen LogP contribution in [-0.4, -0.2) is 30.5 Å². The standard InChI is InChI=1S/C14H24N4O/c1-4-16-13(19)12-9-11(5-8-17-12)18-10-14(2,3)6-7-15/h5,8-9H,4,6-7,10,15H2,1-3H3,(H,16,19)(H,17,18). The second kappa shape index (κ2) is 7.09. The van der Waals surface area contributed by atoms with Crippen LogP contribution in [0, 0.1) is 5.41 Å². The smallest absolute Gasteiger partial charge is 0.269 e. The molecule has 4 N–H and O–H groups in total. The topological polar surface area (TPSA) is 80.0 Å². The van der Waals surface area contributed by atoms with Crippen molar-refractivity contribution in [3.05, 3.63) is 24.0 Å². The first-order valence-corrected chi connectivity index (χ1v) is 6.66. The van der Waals surface area contributed by atoms with Gasteiger partial charge in [-0.25, -0.2) is 0 Å². The van der Waals surface area contributed by atoms with Gasteiger partial charge in [-0.1, -0.05) is 13.8 Å². The average Bonchev–Trinajstić information content (AvgIpc) is 2.37. The molecule has 0 spiro atoms. The van der Waals surface area contributed by atoms with Crippen molar-refractivity contribution in [1.82, 2.24) is 10.3 Å². The van der Waals surface area contributed by atoms with Crippen molar-refractivity contribution in [3.8, 4) is 0 Å². The van der Waals surface area contributed by atoms with Crippen molar-refractivity contribution in [2.45, 2.75) is 27.2 Å². The van der Waals surface area contributed by atoms with Crippen LogP contribution in [0.15, 0.2) is 18.3 Å². The number of aromatic nitrogens is 1. The molecule has 1 amide bonds. The molecule has 5 nitrogen and oxygen atoms in total. The minimum Gasteiger partial charge on any atom is -0.384 e. The summed E-state index contributed by atoms with van der Waals surface area (Å²) in [4.78, 5) is 15.7. The molecule has 106 valence electrons. The Morgan fingerprint density at radius 1 is 1.47 bits per heavy atom. The number of nitrogens with two attached hydrogens (primary N) is 1. The van der Waals surface area contributed by atoms with Gasteiger partial charge in [-0.2, -0.15) is 0 Å². The van der Waals surface area contributed by atoms with Gasteiger partial charge >= 0.3 is 0 Å². The van der Waals surface area contributed by atoms with Crippen LogP contribution in [0.3, 0.4) is 0 Å². The molecular weight excluding hydrogens is 240 g/mol. The van der Waals surface area contributed by atoms with Crippen molar-refractivity contribution >= 4 is 11.6 Å². The Morgan fingerprint density at radius 3 is 2.84 bits per heavy atom. The number of rotatable bonds is 7. The molecule has 5 heteroatoms. The van der Waals surface area contributed by atoms with E-state index in [2.05, 4.69) is 29.5 Å². The molecule has 1 aromatic rings. The van der Waals surface area contributed by atoms with E-state index < -0.39 is 0 Å². The van der Waals surface area contributed by atoms with E-state index in [0.717, 1.165) is 18.7 Å². The minimum absolute atomic E-state index is 0.129. The molecule has 1 rings (SSSR count). The van der Waals surface area contributed by atoms with Gasteiger partial charge in [0.2, 0.25) is 0 Å². The third kappa shape index (κ3) is 5.26. The van der Waals surface area contributed by atoms with Gasteiger partial charge in [0.15, 0.2) is 0 Å². The van der Waals surface area contributed by atoms with Crippen molar-refractivity contribution < 1.29 is 4.79 Å². The van der Waals surface area contributed by atoms with Crippen LogP contribution in [0.2, 0.25) is 0 Å². The molecule has 0 aliphatic heterocycles. The van der Waals surface area contributed by atoms with E-state index >= 15 is 0 Å². The summed E-state index contributed by atoms with van der Waals surface area (Å²) in [5.41, 5.74) is 7.06. The van der Waals surface area contributed by atoms with Gasteiger partial charge in [0, 0.05) is 25.0 Å². The lowest BCUT2D eigenvalue weighted by Crippen LogP contribution is -2.26. The summed E-state index contributed by atoms with van der Waals surface area (Å²) in [6.07, 6.45) is 2.59. The number of anilines is 1. The van der Waals surface area contributed by atoms with Crippen LogP contribution in [0.25, 0.3) is 0 Å². The summed E-state index contributed by atoms with van der Waals surface area (Å²) >= 11 is 0. The molecule has 0 unspecified atom stereocenters. The molecule has 0 radical (unpaired) electrons. The number of nitrogens with zero attached hydrogens (tertiary/aromatic N) is 1. The number of carbonyl (C=O) groups is 1. The summed E-state index contributed by atoms with van der Waals surface area (Å²) in [6, 6.07) is 3.63. The fourth-order valence-electron chi connectivity index (χ4n) is 1.74. The first-order chi connectivity index (χ1) is 8.98. The predicted octanol–water partition coefficient (Wildman–Crippen LogP) is 1.62. The van der Waals surface area contributed by atoms with E-state index in [1.807, 2.05) is 13.0 Å². The lowest BCUT2D eigenvalue weighted by atomic mass is 9.89. The Balaban J connectivity index is 2.65. The van der Waals surface area contributed by atoms with Gasteiger partial charge in [0.1, 0.15) is 5.69 Å². The molecule has 1 aromatic heterocycles. The van der Waals surface area contributed by atoms with Crippen LogP contribution in [0.1, 0.15) is 37.7 Å². The molecule has 19 heavy (non-hydrogen) atoms. The van der Waals surface area contributed by atoms with Crippen molar-refractivity contribution in [2.75, 3.05) is 25.0 Å². The summed E-state index contributed by atoms with van der Waals surface area (Å²) < 4.78 is 0. The number of hydrogen-bond acceptors (Lipinski definition) is 4. The van der Waals surface area contributed by atoms with Crippen LogP contribution < -0.4 is 16.4 Å². The molecule has 0 fully saturated rings. The highest BCUT2D eigenvalue weighted by Crippen LogP contribution is 2.20. The Hall–Kier alpha value is -1.62. The maximum Gasteiger partial charge on any atom is 0.269 e. The van der Waals surface area contributed by atoms with E-state index in [9.17, 15) is 4.79 Å². The highest BCUT2D eigenvalue weighted by atomic mass is 16.1. The molecule has 0 aliphatic rings. The molecule has 0 saturated heterocycles. The summed E-state index contributed by atoms with van der Waals surface area (Å²) in [7, 11) is 0. The van der Waals surface area contributed by atoms with E-state index in [1.165, 1.54) is 0 Å². The summed E-state index contributed by atoms with van der Waals surface area (Å²) in [6.45, 7) is 8.30. The van der Waals surface area contributed by atoms with E-state index in [-0.39, 0.29) is 11.3 Å². The average molecular weight is 264 g/mol. The van der Waals surface area contributed by atoms with Gasteiger partial charge in [0.25, 0.3) is 5.91 Å². The van der Waals surface area contributed by atoms with Crippen LogP contribution in [-0.2, 0) is 0 Å². The van der Waals surface area contributed by atoms with Crippen molar-refractivity contribution in [2.24, 2.45) is 11.1 Å². The zero-order valence-corrected chi connectivity index (χ0v) is 12.0. The lowest BCUT2D eigenvalue weighted by Gasteiger charge is -2.24. The normalized spacial score (nSPS) is 11.2. The molecule has 0 aliphatic carbocycles. The first kappa shape index (κ1) is 15.4. The molecular formula is C14H24N4O. The second-order valence-electron chi connectivity index (χ2n) is 5.35. The third-order valence-corrected chi connectivity index (χ3v) is 2.92. The Labute approximate surface area is 115 Å². The molecule has 0 bridgehead atoms. The van der Waals surface area contributed by atoms with E-state index in [0.29, 0.717) is 18.8 Å². The highest BCUT2D eigenvalue weighted by Gasteiger charge is 2.16. The monoisotopic (exact) mass is 264 g/mol. The Morgan fingerprint density at radius 2 is 2.21 bits per heavy atom. The predicted molar refractivity (Wildman–Crippen MR) is 78.2 cm³/mol. The zero-order chi connectivity index (χ0) is 14.3. The zero-order valence-electron chi connectivity index (χ0n) is 12.0. The molecule has 0 aromatic carbocycles. The van der Waals surface area contributed by atoms with Crippen molar-refractivity contribution in [3.63, 3.8) is 0 Å². The number of carbonyl (C=O) groups excluding carboxylic acids is 1. The largest absolute Gasteiger partial charge is 0.384 e.